The van der Waals surface area contributed by atoms with Gasteiger partial charge in [0.1, 0.15) is 11.2 Å². The van der Waals surface area contributed by atoms with Crippen LogP contribution in [0.2, 0.25) is 5.02 Å². The number of fused-ring (bicyclic) bond motifs is 4. The maximum absolute atomic E-state index is 6.29. The molecule has 0 saturated heterocycles. The van der Waals surface area contributed by atoms with Crippen molar-refractivity contribution in [3.05, 3.63) is 114 Å². The summed E-state index contributed by atoms with van der Waals surface area (Å²) in [6.45, 7) is 0. The predicted molar refractivity (Wildman–Crippen MR) is 146 cm³/mol. The van der Waals surface area contributed by atoms with Crippen LogP contribution in [0.4, 0.5) is 0 Å². The van der Waals surface area contributed by atoms with Crippen LogP contribution < -0.4 is 0 Å². The number of furan rings is 1. The Hall–Kier alpha value is -4.54. The molecule has 0 radical (unpaired) electrons. The number of hydrogen-bond donors (Lipinski definition) is 0. The molecule has 0 bridgehead atoms. The van der Waals surface area contributed by atoms with Crippen molar-refractivity contribution >= 4 is 44.3 Å². The number of hydrogen-bond acceptors (Lipinski definition) is 4. The summed E-state index contributed by atoms with van der Waals surface area (Å²) in [7, 11) is 0. The number of rotatable bonds is 3. The third kappa shape index (κ3) is 3.43. The summed E-state index contributed by atoms with van der Waals surface area (Å²) in [5.41, 5.74) is 4.27. The fourth-order valence-corrected chi connectivity index (χ4v) is 4.89. The van der Waals surface area contributed by atoms with E-state index in [0.717, 1.165) is 49.4 Å². The van der Waals surface area contributed by atoms with Crippen molar-refractivity contribution in [3.63, 3.8) is 0 Å². The van der Waals surface area contributed by atoms with Gasteiger partial charge in [0.15, 0.2) is 17.5 Å². The van der Waals surface area contributed by atoms with Crippen LogP contribution in [0.5, 0.6) is 0 Å². The highest BCUT2D eigenvalue weighted by molar-refractivity contribution is 6.31. The van der Waals surface area contributed by atoms with Gasteiger partial charge in [0.25, 0.3) is 0 Å². The Morgan fingerprint density at radius 1 is 0.528 bits per heavy atom. The molecule has 0 atom stereocenters. The number of benzene rings is 5. The lowest BCUT2D eigenvalue weighted by Gasteiger charge is -2.11. The van der Waals surface area contributed by atoms with Gasteiger partial charge < -0.3 is 4.42 Å². The molecule has 0 aliphatic rings. The largest absolute Gasteiger partial charge is 0.456 e. The molecule has 36 heavy (non-hydrogen) atoms. The summed E-state index contributed by atoms with van der Waals surface area (Å²) in [6, 6.07) is 36.0. The Bertz CT molecular complexity index is 1840. The van der Waals surface area contributed by atoms with Gasteiger partial charge in [-0.15, -0.1) is 0 Å². The Labute approximate surface area is 211 Å². The zero-order chi connectivity index (χ0) is 24.1. The fraction of sp³-hybridized carbons (Fsp3) is 0. The van der Waals surface area contributed by atoms with E-state index in [1.807, 2.05) is 91.0 Å². The highest BCUT2D eigenvalue weighted by atomic mass is 35.5. The topological polar surface area (TPSA) is 51.8 Å². The Morgan fingerprint density at radius 3 is 1.83 bits per heavy atom. The minimum atomic E-state index is 0.599. The van der Waals surface area contributed by atoms with E-state index in [2.05, 4.69) is 18.2 Å². The van der Waals surface area contributed by atoms with Crippen molar-refractivity contribution in [2.75, 3.05) is 0 Å². The van der Waals surface area contributed by atoms with E-state index in [0.29, 0.717) is 22.5 Å². The van der Waals surface area contributed by atoms with Crippen molar-refractivity contribution in [1.29, 1.82) is 0 Å². The van der Waals surface area contributed by atoms with Crippen LogP contribution >= 0.6 is 11.6 Å². The summed E-state index contributed by atoms with van der Waals surface area (Å²) in [4.78, 5) is 14.9. The minimum absolute atomic E-state index is 0.599. The zero-order valence-corrected chi connectivity index (χ0v) is 19.8. The molecule has 0 unspecified atom stereocenters. The highest BCUT2D eigenvalue weighted by Gasteiger charge is 2.20. The van der Waals surface area contributed by atoms with Gasteiger partial charge in [-0.2, -0.15) is 0 Å². The van der Waals surface area contributed by atoms with Gasteiger partial charge in [-0.3, -0.25) is 0 Å². The molecule has 0 saturated carbocycles. The van der Waals surface area contributed by atoms with Gasteiger partial charge in [-0.25, -0.2) is 15.0 Å². The predicted octanol–water partition coefficient (Wildman–Crippen LogP) is 8.58. The van der Waals surface area contributed by atoms with Gasteiger partial charge in [0, 0.05) is 38.6 Å². The molecular weight excluding hydrogens is 466 g/mol. The van der Waals surface area contributed by atoms with Crippen molar-refractivity contribution < 1.29 is 4.42 Å². The molecule has 0 spiro atoms. The average molecular weight is 484 g/mol. The molecule has 0 fully saturated rings. The van der Waals surface area contributed by atoms with E-state index in [9.17, 15) is 0 Å². The van der Waals surface area contributed by atoms with E-state index >= 15 is 0 Å². The van der Waals surface area contributed by atoms with Crippen LogP contribution in [0.25, 0.3) is 66.9 Å². The van der Waals surface area contributed by atoms with Crippen LogP contribution in [0.1, 0.15) is 0 Å². The first-order valence-electron chi connectivity index (χ1n) is 11.7. The third-order valence-electron chi connectivity index (χ3n) is 6.37. The van der Waals surface area contributed by atoms with Crippen LogP contribution in [0.3, 0.4) is 0 Å². The second kappa shape index (κ2) is 8.29. The van der Waals surface area contributed by atoms with Crippen molar-refractivity contribution in [1.82, 2.24) is 15.0 Å². The van der Waals surface area contributed by atoms with Gasteiger partial charge in [0.05, 0.1) is 0 Å². The lowest BCUT2D eigenvalue weighted by Crippen LogP contribution is -2.00. The Balaban J connectivity index is 1.62. The monoisotopic (exact) mass is 483 g/mol. The Morgan fingerprint density at radius 2 is 1.14 bits per heavy atom. The molecule has 0 N–H and O–H groups in total. The number of halogens is 1. The van der Waals surface area contributed by atoms with Gasteiger partial charge in [0.2, 0.25) is 0 Å². The lowest BCUT2D eigenvalue weighted by atomic mass is 9.98. The standard InChI is InChI=1S/C31H18ClN3O/c32-22-15-16-24-25(18-22)36-26-17-21-13-7-8-14-23(21)28(27(24)26)31-34-29(19-9-3-1-4-10-19)33-30(35-31)20-11-5-2-6-12-20/h1-18H. The number of nitrogens with zero attached hydrogens (tertiary/aromatic N) is 3. The highest BCUT2D eigenvalue weighted by Crippen LogP contribution is 2.41. The normalized spacial score (nSPS) is 11.5. The van der Waals surface area contributed by atoms with E-state index in [-0.39, 0.29) is 0 Å². The first-order valence-corrected chi connectivity index (χ1v) is 12.0. The summed E-state index contributed by atoms with van der Waals surface area (Å²) in [5.74, 6) is 1.84. The second-order valence-corrected chi connectivity index (χ2v) is 9.06. The summed E-state index contributed by atoms with van der Waals surface area (Å²) in [6.07, 6.45) is 0. The van der Waals surface area contributed by atoms with Crippen LogP contribution in [0, 0.1) is 0 Å². The van der Waals surface area contributed by atoms with Gasteiger partial charge in [-0.05, 0) is 29.0 Å². The zero-order valence-electron chi connectivity index (χ0n) is 19.0. The minimum Gasteiger partial charge on any atom is -0.456 e. The SMILES string of the molecule is Clc1ccc2c(c1)oc1cc3ccccc3c(-c3nc(-c4ccccc4)nc(-c4ccccc4)n3)c12. The lowest BCUT2D eigenvalue weighted by molar-refractivity contribution is 0.669. The second-order valence-electron chi connectivity index (χ2n) is 8.63. The quantitative estimate of drug-likeness (QED) is 0.252. The molecule has 0 aliphatic carbocycles. The molecule has 2 aromatic heterocycles. The van der Waals surface area contributed by atoms with Crippen molar-refractivity contribution in [2.24, 2.45) is 0 Å². The molecule has 5 heteroatoms. The van der Waals surface area contributed by atoms with Crippen molar-refractivity contribution in [3.8, 4) is 34.2 Å². The maximum Gasteiger partial charge on any atom is 0.165 e. The number of aromatic nitrogens is 3. The summed E-state index contributed by atoms with van der Waals surface area (Å²) < 4.78 is 6.28. The molecule has 5 aromatic carbocycles. The van der Waals surface area contributed by atoms with Crippen LogP contribution in [0.15, 0.2) is 114 Å². The fourth-order valence-electron chi connectivity index (χ4n) is 4.73. The molecule has 7 aromatic rings. The first-order chi connectivity index (χ1) is 17.7. The van der Waals surface area contributed by atoms with Gasteiger partial charge >= 0.3 is 0 Å². The molecule has 4 nitrogen and oxygen atoms in total. The van der Waals surface area contributed by atoms with Gasteiger partial charge in [-0.1, -0.05) is 96.5 Å². The van der Waals surface area contributed by atoms with Crippen molar-refractivity contribution in [2.45, 2.75) is 0 Å². The first kappa shape index (κ1) is 20.8. The van der Waals surface area contributed by atoms with Crippen LogP contribution in [-0.2, 0) is 0 Å². The molecule has 170 valence electrons. The Kier molecular flexibility index (Phi) is 4.79. The van der Waals surface area contributed by atoms with Crippen LogP contribution in [-0.4, -0.2) is 15.0 Å². The van der Waals surface area contributed by atoms with E-state index < -0.39 is 0 Å². The third-order valence-corrected chi connectivity index (χ3v) is 6.60. The molecule has 0 amide bonds. The van der Waals surface area contributed by atoms with E-state index in [1.165, 1.54) is 0 Å². The van der Waals surface area contributed by atoms with E-state index in [4.69, 9.17) is 31.0 Å². The molecule has 2 heterocycles. The molecule has 7 rings (SSSR count). The van der Waals surface area contributed by atoms with E-state index in [1.54, 1.807) is 0 Å². The molecular formula is C31H18ClN3O. The summed E-state index contributed by atoms with van der Waals surface area (Å²) >= 11 is 6.29. The average Bonchev–Trinajstić information content (AvgIpc) is 3.29. The smallest absolute Gasteiger partial charge is 0.165 e. The maximum atomic E-state index is 6.29. The summed E-state index contributed by atoms with van der Waals surface area (Å²) in [5, 5.41) is 4.66. The molecule has 0 aliphatic heterocycles.